The molecule has 1 aromatic carbocycles. The number of benzene rings is 1. The highest BCUT2D eigenvalue weighted by atomic mass is 19.1. The Labute approximate surface area is 113 Å². The van der Waals surface area contributed by atoms with E-state index in [4.69, 9.17) is 0 Å². The molecular weight excluding hydrogens is 245 g/mol. The quantitative estimate of drug-likeness (QED) is 0.816. The Morgan fingerprint density at radius 1 is 1.42 bits per heavy atom. The molecule has 5 heteroatoms. The molecule has 1 heterocycles. The summed E-state index contributed by atoms with van der Waals surface area (Å²) in [6, 6.07) is 6.90. The van der Waals surface area contributed by atoms with E-state index < -0.39 is 0 Å². The van der Waals surface area contributed by atoms with Crippen molar-refractivity contribution in [3.05, 3.63) is 35.6 Å². The molecule has 2 amide bonds. The highest BCUT2D eigenvalue weighted by molar-refractivity contribution is 5.76. The Hall–Kier alpha value is -1.62. The molecule has 1 fully saturated rings. The molecule has 1 aliphatic heterocycles. The van der Waals surface area contributed by atoms with E-state index in [1.807, 2.05) is 0 Å². The van der Waals surface area contributed by atoms with Crippen molar-refractivity contribution in [1.82, 2.24) is 15.5 Å². The molecule has 1 unspecified atom stereocenters. The van der Waals surface area contributed by atoms with Crippen LogP contribution in [0.5, 0.6) is 0 Å². The van der Waals surface area contributed by atoms with Crippen molar-refractivity contribution in [2.75, 3.05) is 26.2 Å². The fraction of sp³-hybridized carbons (Fsp3) is 0.500. The van der Waals surface area contributed by atoms with Gasteiger partial charge >= 0.3 is 6.03 Å². The van der Waals surface area contributed by atoms with Crippen LogP contribution in [0.25, 0.3) is 0 Å². The Bertz CT molecular complexity index is 421. The third kappa shape index (κ3) is 4.21. The number of amides is 2. The van der Waals surface area contributed by atoms with Gasteiger partial charge < -0.3 is 15.5 Å². The van der Waals surface area contributed by atoms with Crippen LogP contribution < -0.4 is 10.6 Å². The topological polar surface area (TPSA) is 44.4 Å². The van der Waals surface area contributed by atoms with Crippen LogP contribution in [0.4, 0.5) is 9.18 Å². The lowest BCUT2D eigenvalue weighted by molar-refractivity contribution is 0.217. The van der Waals surface area contributed by atoms with Crippen LogP contribution in [0.3, 0.4) is 0 Å². The SMILES string of the molecule is CC(Cc1ccc(F)cc1)NCCN1CCNC1=O. The summed E-state index contributed by atoms with van der Waals surface area (Å²) in [6.07, 6.45) is 0.854. The second-order valence-electron chi connectivity index (χ2n) is 4.90. The largest absolute Gasteiger partial charge is 0.336 e. The summed E-state index contributed by atoms with van der Waals surface area (Å²) in [5.41, 5.74) is 1.11. The van der Waals surface area contributed by atoms with Crippen molar-refractivity contribution in [1.29, 1.82) is 0 Å². The lowest BCUT2D eigenvalue weighted by Gasteiger charge is -2.18. The number of halogens is 1. The molecule has 1 atom stereocenters. The molecule has 19 heavy (non-hydrogen) atoms. The maximum absolute atomic E-state index is 12.8. The molecule has 2 rings (SSSR count). The zero-order valence-corrected chi connectivity index (χ0v) is 11.2. The van der Waals surface area contributed by atoms with Crippen LogP contribution in [0.2, 0.25) is 0 Å². The van der Waals surface area contributed by atoms with Crippen LogP contribution in [0.15, 0.2) is 24.3 Å². The lowest BCUT2D eigenvalue weighted by Crippen LogP contribution is -2.38. The van der Waals surface area contributed by atoms with Gasteiger partial charge in [-0.15, -0.1) is 0 Å². The third-order valence-corrected chi connectivity index (χ3v) is 3.27. The zero-order valence-electron chi connectivity index (χ0n) is 11.2. The number of hydrogen-bond donors (Lipinski definition) is 2. The van der Waals surface area contributed by atoms with Gasteiger partial charge in [-0.1, -0.05) is 12.1 Å². The molecule has 2 N–H and O–H groups in total. The van der Waals surface area contributed by atoms with Crippen LogP contribution in [-0.2, 0) is 6.42 Å². The fourth-order valence-corrected chi connectivity index (χ4v) is 2.22. The lowest BCUT2D eigenvalue weighted by atomic mass is 10.1. The van der Waals surface area contributed by atoms with Crippen LogP contribution in [-0.4, -0.2) is 43.2 Å². The van der Waals surface area contributed by atoms with Gasteiger partial charge in [-0.25, -0.2) is 9.18 Å². The second-order valence-corrected chi connectivity index (χ2v) is 4.90. The molecular formula is C14H20FN3O. The maximum atomic E-state index is 12.8. The van der Waals surface area contributed by atoms with Crippen LogP contribution in [0.1, 0.15) is 12.5 Å². The Morgan fingerprint density at radius 2 is 2.16 bits per heavy atom. The summed E-state index contributed by atoms with van der Waals surface area (Å²) < 4.78 is 12.8. The van der Waals surface area contributed by atoms with Crippen molar-refractivity contribution >= 4 is 6.03 Å². The van der Waals surface area contributed by atoms with Gasteiger partial charge in [-0.3, -0.25) is 0 Å². The average molecular weight is 265 g/mol. The van der Waals surface area contributed by atoms with Gasteiger partial charge in [-0.2, -0.15) is 0 Å². The van der Waals surface area contributed by atoms with E-state index >= 15 is 0 Å². The molecule has 0 spiro atoms. The molecule has 4 nitrogen and oxygen atoms in total. The van der Waals surface area contributed by atoms with Crippen molar-refractivity contribution in [2.45, 2.75) is 19.4 Å². The second kappa shape index (κ2) is 6.52. The predicted molar refractivity (Wildman–Crippen MR) is 72.5 cm³/mol. The summed E-state index contributed by atoms with van der Waals surface area (Å²) in [4.78, 5) is 13.1. The van der Waals surface area contributed by atoms with Gasteiger partial charge in [0.25, 0.3) is 0 Å². The monoisotopic (exact) mass is 265 g/mol. The molecule has 1 aliphatic rings. The predicted octanol–water partition coefficient (Wildman–Crippen LogP) is 1.37. The molecule has 104 valence electrons. The van der Waals surface area contributed by atoms with E-state index in [1.54, 1.807) is 17.0 Å². The molecule has 0 aliphatic carbocycles. The van der Waals surface area contributed by atoms with Crippen molar-refractivity contribution < 1.29 is 9.18 Å². The first kappa shape index (κ1) is 13.8. The number of carbonyl (C=O) groups excluding carboxylic acids is 1. The van der Waals surface area contributed by atoms with Gasteiger partial charge in [0.2, 0.25) is 0 Å². The van der Waals surface area contributed by atoms with Crippen LogP contribution in [0, 0.1) is 5.82 Å². The minimum absolute atomic E-state index is 0.0213. The van der Waals surface area contributed by atoms with Gasteiger partial charge in [0.05, 0.1) is 0 Å². The summed E-state index contributed by atoms with van der Waals surface area (Å²) in [7, 11) is 0. The molecule has 0 aromatic heterocycles. The third-order valence-electron chi connectivity index (χ3n) is 3.27. The van der Waals surface area contributed by atoms with Gasteiger partial charge in [0.1, 0.15) is 5.82 Å². The standard InChI is InChI=1S/C14H20FN3O/c1-11(10-12-2-4-13(15)5-3-12)16-6-8-18-9-7-17-14(18)19/h2-5,11,16H,6-10H2,1H3,(H,17,19). The number of rotatable bonds is 6. The smallest absolute Gasteiger partial charge is 0.317 e. The number of nitrogens with one attached hydrogen (secondary N) is 2. The van der Waals surface area contributed by atoms with Crippen molar-refractivity contribution in [3.63, 3.8) is 0 Å². The summed E-state index contributed by atoms with van der Waals surface area (Å²) in [6.45, 7) is 5.11. The first-order valence-corrected chi connectivity index (χ1v) is 6.66. The maximum Gasteiger partial charge on any atom is 0.317 e. The van der Waals surface area contributed by atoms with Gasteiger partial charge in [0, 0.05) is 32.2 Å². The summed E-state index contributed by atoms with van der Waals surface area (Å²) >= 11 is 0. The molecule has 1 aromatic rings. The van der Waals surface area contributed by atoms with Gasteiger partial charge in [0.15, 0.2) is 0 Å². The highest BCUT2D eigenvalue weighted by Gasteiger charge is 2.18. The van der Waals surface area contributed by atoms with E-state index in [0.717, 1.165) is 38.2 Å². The van der Waals surface area contributed by atoms with E-state index in [-0.39, 0.29) is 11.8 Å². The Balaban J connectivity index is 1.68. The minimum Gasteiger partial charge on any atom is -0.336 e. The summed E-state index contributed by atoms with van der Waals surface area (Å²) in [5, 5.41) is 6.15. The van der Waals surface area contributed by atoms with E-state index in [1.165, 1.54) is 12.1 Å². The molecule has 0 radical (unpaired) electrons. The van der Waals surface area contributed by atoms with Gasteiger partial charge in [-0.05, 0) is 31.0 Å². The number of carbonyl (C=O) groups is 1. The first-order valence-electron chi connectivity index (χ1n) is 6.66. The first-order chi connectivity index (χ1) is 9.15. The number of urea groups is 1. The van der Waals surface area contributed by atoms with E-state index in [9.17, 15) is 9.18 Å². The summed E-state index contributed by atoms with van der Waals surface area (Å²) in [5.74, 6) is -0.204. The van der Waals surface area contributed by atoms with Crippen molar-refractivity contribution in [3.8, 4) is 0 Å². The van der Waals surface area contributed by atoms with E-state index in [2.05, 4.69) is 17.6 Å². The molecule has 1 saturated heterocycles. The highest BCUT2D eigenvalue weighted by Crippen LogP contribution is 2.05. The van der Waals surface area contributed by atoms with E-state index in [0.29, 0.717) is 6.04 Å². The van der Waals surface area contributed by atoms with Crippen LogP contribution >= 0.6 is 0 Å². The van der Waals surface area contributed by atoms with Crippen molar-refractivity contribution in [2.24, 2.45) is 0 Å². The molecule has 0 bridgehead atoms. The Morgan fingerprint density at radius 3 is 2.79 bits per heavy atom. The average Bonchev–Trinajstić information content (AvgIpc) is 2.78. The molecule has 0 saturated carbocycles. The fourth-order valence-electron chi connectivity index (χ4n) is 2.22. The minimum atomic E-state index is -0.204. The Kier molecular flexibility index (Phi) is 4.74. The normalized spacial score (nSPS) is 16.5. The zero-order chi connectivity index (χ0) is 13.7. The number of hydrogen-bond acceptors (Lipinski definition) is 2. The number of nitrogens with zero attached hydrogens (tertiary/aromatic N) is 1.